The van der Waals surface area contributed by atoms with Gasteiger partial charge in [-0.1, -0.05) is 12.8 Å². The second-order valence-electron chi connectivity index (χ2n) is 3.96. The van der Waals surface area contributed by atoms with Gasteiger partial charge in [-0.15, -0.1) is 0 Å². The molecule has 16 heavy (non-hydrogen) atoms. The number of rotatable bonds is 2. The van der Waals surface area contributed by atoms with Crippen molar-refractivity contribution in [1.29, 1.82) is 0 Å². The van der Waals surface area contributed by atoms with Crippen molar-refractivity contribution in [3.05, 3.63) is 12.4 Å². The van der Waals surface area contributed by atoms with E-state index in [9.17, 15) is 12.8 Å². The van der Waals surface area contributed by atoms with E-state index in [1.165, 1.54) is 10.9 Å². The molecule has 1 aliphatic carbocycles. The van der Waals surface area contributed by atoms with E-state index >= 15 is 0 Å². The van der Waals surface area contributed by atoms with E-state index in [0.717, 1.165) is 19.0 Å². The standard InChI is InChI=1S/C9H12ClFN2O2S/c10-16(14,15)7-5-12-13(6-7)9-4-2-1-3-8(9)11/h5-6,8-9H,1-4H2. The van der Waals surface area contributed by atoms with E-state index < -0.39 is 15.2 Å². The number of alkyl halides is 1. The number of hydrogen-bond acceptors (Lipinski definition) is 3. The predicted octanol–water partition coefficient (Wildman–Crippen LogP) is 2.26. The summed E-state index contributed by atoms with van der Waals surface area (Å²) >= 11 is 0. The summed E-state index contributed by atoms with van der Waals surface area (Å²) < 4.78 is 37.0. The quantitative estimate of drug-likeness (QED) is 0.772. The van der Waals surface area contributed by atoms with Gasteiger partial charge in [0.25, 0.3) is 9.05 Å². The lowest BCUT2D eigenvalue weighted by atomic mass is 9.94. The largest absolute Gasteiger partial charge is 0.265 e. The summed E-state index contributed by atoms with van der Waals surface area (Å²) in [7, 11) is 1.40. The average molecular weight is 267 g/mol. The van der Waals surface area contributed by atoms with Crippen molar-refractivity contribution in [1.82, 2.24) is 9.78 Å². The van der Waals surface area contributed by atoms with Crippen LogP contribution in [-0.4, -0.2) is 24.4 Å². The summed E-state index contributed by atoms with van der Waals surface area (Å²) in [6.45, 7) is 0. The highest BCUT2D eigenvalue weighted by atomic mass is 35.7. The lowest BCUT2D eigenvalue weighted by molar-refractivity contribution is 0.159. The Morgan fingerprint density at radius 1 is 1.44 bits per heavy atom. The third-order valence-electron chi connectivity index (χ3n) is 2.85. The van der Waals surface area contributed by atoms with Crippen LogP contribution < -0.4 is 0 Å². The lowest BCUT2D eigenvalue weighted by Gasteiger charge is -2.25. The van der Waals surface area contributed by atoms with Crippen molar-refractivity contribution in [3.63, 3.8) is 0 Å². The van der Waals surface area contributed by atoms with Crippen molar-refractivity contribution in [2.45, 2.75) is 42.8 Å². The van der Waals surface area contributed by atoms with Gasteiger partial charge in [-0.2, -0.15) is 5.10 Å². The van der Waals surface area contributed by atoms with Gasteiger partial charge in [0.05, 0.1) is 12.2 Å². The summed E-state index contributed by atoms with van der Waals surface area (Å²) in [5, 5.41) is 3.87. The minimum Gasteiger partial charge on any atom is -0.265 e. The van der Waals surface area contributed by atoms with Gasteiger partial charge < -0.3 is 0 Å². The molecule has 0 spiro atoms. The van der Waals surface area contributed by atoms with E-state index in [-0.39, 0.29) is 10.9 Å². The van der Waals surface area contributed by atoms with Crippen LogP contribution in [0.4, 0.5) is 4.39 Å². The van der Waals surface area contributed by atoms with Gasteiger partial charge in [0.2, 0.25) is 0 Å². The Morgan fingerprint density at radius 3 is 2.69 bits per heavy atom. The first-order chi connectivity index (χ1) is 7.48. The highest BCUT2D eigenvalue weighted by Crippen LogP contribution is 2.31. The molecule has 2 rings (SSSR count). The number of nitrogens with zero attached hydrogens (tertiary/aromatic N) is 2. The Morgan fingerprint density at radius 2 is 2.12 bits per heavy atom. The first-order valence-corrected chi connectivity index (χ1v) is 7.42. The molecule has 1 fully saturated rings. The van der Waals surface area contributed by atoms with Crippen molar-refractivity contribution in [2.24, 2.45) is 0 Å². The van der Waals surface area contributed by atoms with E-state index in [0.29, 0.717) is 12.8 Å². The zero-order valence-electron chi connectivity index (χ0n) is 8.51. The Kier molecular flexibility index (Phi) is 3.21. The molecule has 4 nitrogen and oxygen atoms in total. The SMILES string of the molecule is O=S(=O)(Cl)c1cnn(C2CCCCC2F)c1. The first-order valence-electron chi connectivity index (χ1n) is 5.11. The molecule has 0 N–H and O–H groups in total. The van der Waals surface area contributed by atoms with Gasteiger partial charge >= 0.3 is 0 Å². The predicted molar refractivity (Wildman–Crippen MR) is 57.7 cm³/mol. The molecule has 0 saturated heterocycles. The molecule has 1 saturated carbocycles. The zero-order chi connectivity index (χ0) is 11.8. The molecule has 1 aliphatic rings. The summed E-state index contributed by atoms with van der Waals surface area (Å²) in [6.07, 6.45) is 4.50. The van der Waals surface area contributed by atoms with Crippen LogP contribution >= 0.6 is 10.7 Å². The first kappa shape index (κ1) is 11.9. The van der Waals surface area contributed by atoms with Crippen LogP contribution in [0, 0.1) is 0 Å². The normalized spacial score (nSPS) is 26.9. The van der Waals surface area contributed by atoms with E-state index in [1.807, 2.05) is 0 Å². The van der Waals surface area contributed by atoms with Crippen molar-refractivity contribution in [2.75, 3.05) is 0 Å². The molecule has 7 heteroatoms. The minimum absolute atomic E-state index is 0.0769. The fraction of sp³-hybridized carbons (Fsp3) is 0.667. The van der Waals surface area contributed by atoms with Gasteiger partial charge in [0, 0.05) is 16.9 Å². The maximum Gasteiger partial charge on any atom is 0.264 e. The molecule has 0 aromatic carbocycles. The molecule has 1 heterocycles. The van der Waals surface area contributed by atoms with Crippen molar-refractivity contribution >= 4 is 19.7 Å². The van der Waals surface area contributed by atoms with Crippen LogP contribution in [0.5, 0.6) is 0 Å². The Hall–Kier alpha value is -0.620. The Balaban J connectivity index is 2.24. The summed E-state index contributed by atoms with van der Waals surface area (Å²) in [6, 6.07) is -0.360. The van der Waals surface area contributed by atoms with E-state index in [2.05, 4.69) is 5.10 Å². The van der Waals surface area contributed by atoms with Gasteiger partial charge in [0.15, 0.2) is 0 Å². The number of aromatic nitrogens is 2. The maximum absolute atomic E-state index is 13.6. The molecule has 0 aliphatic heterocycles. The highest BCUT2D eigenvalue weighted by molar-refractivity contribution is 8.13. The van der Waals surface area contributed by atoms with Gasteiger partial charge in [0.1, 0.15) is 11.1 Å². The second kappa shape index (κ2) is 4.33. The van der Waals surface area contributed by atoms with E-state index in [4.69, 9.17) is 10.7 Å². The van der Waals surface area contributed by atoms with Crippen LogP contribution in [0.3, 0.4) is 0 Å². The molecular weight excluding hydrogens is 255 g/mol. The third kappa shape index (κ3) is 2.38. The number of hydrogen-bond donors (Lipinski definition) is 0. The minimum atomic E-state index is -3.77. The van der Waals surface area contributed by atoms with Crippen LogP contribution in [0.2, 0.25) is 0 Å². The van der Waals surface area contributed by atoms with Crippen LogP contribution in [-0.2, 0) is 9.05 Å². The lowest BCUT2D eigenvalue weighted by Crippen LogP contribution is -2.24. The highest BCUT2D eigenvalue weighted by Gasteiger charge is 2.27. The molecule has 0 amide bonds. The molecule has 1 aromatic rings. The third-order valence-corrected chi connectivity index (χ3v) is 4.15. The fourth-order valence-electron chi connectivity index (χ4n) is 1.99. The van der Waals surface area contributed by atoms with Crippen molar-refractivity contribution < 1.29 is 12.8 Å². The fourth-order valence-corrected chi connectivity index (χ4v) is 2.64. The molecule has 1 aromatic heterocycles. The number of halogens is 2. The molecule has 0 radical (unpaired) electrons. The smallest absolute Gasteiger partial charge is 0.264 e. The topological polar surface area (TPSA) is 52.0 Å². The van der Waals surface area contributed by atoms with Crippen LogP contribution in [0.1, 0.15) is 31.7 Å². The maximum atomic E-state index is 13.6. The van der Waals surface area contributed by atoms with Gasteiger partial charge in [-0.05, 0) is 12.8 Å². The summed E-state index contributed by atoms with van der Waals surface area (Å²) in [5.41, 5.74) is 0. The zero-order valence-corrected chi connectivity index (χ0v) is 10.1. The Labute approximate surface area is 97.8 Å². The van der Waals surface area contributed by atoms with Gasteiger partial charge in [-0.25, -0.2) is 12.8 Å². The molecular formula is C9H12ClFN2O2S. The van der Waals surface area contributed by atoms with Crippen LogP contribution in [0.15, 0.2) is 17.3 Å². The molecule has 2 unspecified atom stereocenters. The average Bonchev–Trinajstić information content (AvgIpc) is 2.66. The second-order valence-corrected chi connectivity index (χ2v) is 6.53. The van der Waals surface area contributed by atoms with Gasteiger partial charge in [-0.3, -0.25) is 4.68 Å². The monoisotopic (exact) mass is 266 g/mol. The van der Waals surface area contributed by atoms with Crippen LogP contribution in [0.25, 0.3) is 0 Å². The molecule has 0 bridgehead atoms. The summed E-state index contributed by atoms with van der Waals surface area (Å²) in [4.78, 5) is -0.0769. The Bertz CT molecular complexity index is 474. The van der Waals surface area contributed by atoms with E-state index in [1.54, 1.807) is 0 Å². The summed E-state index contributed by atoms with van der Waals surface area (Å²) in [5.74, 6) is 0. The molecule has 90 valence electrons. The molecule has 2 atom stereocenters. The van der Waals surface area contributed by atoms with Crippen molar-refractivity contribution in [3.8, 4) is 0 Å².